The summed E-state index contributed by atoms with van der Waals surface area (Å²) in [7, 11) is 0. The maximum Gasteiger partial charge on any atom is 0.238 e. The van der Waals surface area contributed by atoms with Crippen molar-refractivity contribution < 1.29 is 19.0 Å². The minimum absolute atomic E-state index is 0.255. The smallest absolute Gasteiger partial charge is 0.238 e. The highest BCUT2D eigenvalue weighted by Gasteiger charge is 2.32. The average Bonchev–Trinajstić information content (AvgIpc) is 3.01. The van der Waals surface area contributed by atoms with Gasteiger partial charge in [-0.2, -0.15) is 5.10 Å². The van der Waals surface area contributed by atoms with Gasteiger partial charge in [0.05, 0.1) is 29.9 Å². The molecule has 1 fully saturated rings. The van der Waals surface area contributed by atoms with Crippen LogP contribution in [0.25, 0.3) is 0 Å². The molecule has 8 nitrogen and oxygen atoms in total. The van der Waals surface area contributed by atoms with Gasteiger partial charge in [0.2, 0.25) is 12.8 Å². The molecule has 0 aliphatic carbocycles. The minimum atomic E-state index is -1.14. The summed E-state index contributed by atoms with van der Waals surface area (Å²) >= 11 is 4.96. The number of thiocarbonyl (C=S) groups is 1. The van der Waals surface area contributed by atoms with Crippen molar-refractivity contribution in [1.82, 2.24) is 10.3 Å². The first-order valence-corrected chi connectivity index (χ1v) is 8.55. The maximum atomic E-state index is 14.6. The van der Waals surface area contributed by atoms with Gasteiger partial charge in [-0.05, 0) is 25.1 Å². The minimum Gasteiger partial charge on any atom is -0.377 e. The van der Waals surface area contributed by atoms with E-state index in [4.69, 9.17) is 17.0 Å². The summed E-state index contributed by atoms with van der Waals surface area (Å²) in [6.07, 6.45) is 0.641. The molecule has 140 valence electrons. The van der Waals surface area contributed by atoms with Crippen LogP contribution in [0, 0.1) is 5.82 Å². The lowest BCUT2D eigenvalue weighted by Gasteiger charge is -2.27. The number of carbonyl (C=O) groups is 1. The van der Waals surface area contributed by atoms with E-state index in [1.807, 2.05) is 0 Å². The monoisotopic (exact) mass is 381 g/mol. The Morgan fingerprint density at radius 1 is 1.54 bits per heavy atom. The third-order valence-electron chi connectivity index (χ3n) is 4.16. The van der Waals surface area contributed by atoms with Gasteiger partial charge in [-0.15, -0.1) is 0 Å². The molecular formula is C16H20FN5O3S. The predicted octanol–water partition coefficient (Wildman–Crippen LogP) is 0.465. The summed E-state index contributed by atoms with van der Waals surface area (Å²) in [5.74, 6) is -0.447. The van der Waals surface area contributed by atoms with Crippen molar-refractivity contribution in [2.45, 2.75) is 19.4 Å². The third-order valence-corrected chi connectivity index (χ3v) is 4.31. The second-order valence-corrected chi connectivity index (χ2v) is 6.61. The molecular weight excluding hydrogens is 361 g/mol. The summed E-state index contributed by atoms with van der Waals surface area (Å²) < 4.78 is 20.0. The van der Waals surface area contributed by atoms with E-state index in [2.05, 4.69) is 10.4 Å². The van der Waals surface area contributed by atoms with Crippen LogP contribution in [-0.4, -0.2) is 66.5 Å². The Morgan fingerprint density at radius 2 is 2.35 bits per heavy atom. The number of benzene rings is 1. The standard InChI is InChI=1S/C16H20FN5O3S/c1-11(26)18-7-13-8-22(16(24)25-13)12-2-3-15(14(17)6-12)20-4-5-21(10-23)19-9-20/h2-3,6,9-10,13,16,24H,4-5,7-8H2,1H3,(H,18,26). The SMILES string of the molecule is CC(=S)NCC1CN(c2ccc(N3C=NN(C=O)CC3)c(F)c2)C(O)O1. The molecule has 1 saturated heterocycles. The molecule has 0 radical (unpaired) electrons. The molecule has 2 heterocycles. The molecule has 0 bridgehead atoms. The van der Waals surface area contributed by atoms with Gasteiger partial charge in [0, 0.05) is 18.8 Å². The van der Waals surface area contributed by atoms with Crippen LogP contribution in [0.4, 0.5) is 15.8 Å². The molecule has 2 aliphatic heterocycles. The normalized spacial score (nSPS) is 22.7. The van der Waals surface area contributed by atoms with Crippen LogP contribution in [0.5, 0.6) is 0 Å². The first-order valence-electron chi connectivity index (χ1n) is 8.15. The Morgan fingerprint density at radius 3 is 2.96 bits per heavy atom. The number of hydrogen-bond acceptors (Lipinski definition) is 7. The largest absolute Gasteiger partial charge is 0.377 e. The van der Waals surface area contributed by atoms with E-state index in [0.717, 1.165) is 0 Å². The molecule has 0 aromatic heterocycles. The Labute approximate surface area is 155 Å². The zero-order chi connectivity index (χ0) is 18.7. The quantitative estimate of drug-likeness (QED) is 0.567. The van der Waals surface area contributed by atoms with Crippen LogP contribution in [0.15, 0.2) is 23.3 Å². The van der Waals surface area contributed by atoms with Crippen molar-refractivity contribution >= 4 is 41.3 Å². The zero-order valence-corrected chi connectivity index (χ0v) is 15.0. The summed E-state index contributed by atoms with van der Waals surface area (Å²) in [5, 5.41) is 18.3. The van der Waals surface area contributed by atoms with Crippen LogP contribution in [-0.2, 0) is 9.53 Å². The number of rotatable bonds is 5. The van der Waals surface area contributed by atoms with Gasteiger partial charge in [-0.25, -0.2) is 9.40 Å². The van der Waals surface area contributed by atoms with Crippen LogP contribution < -0.4 is 15.1 Å². The van der Waals surface area contributed by atoms with Crippen LogP contribution in [0.2, 0.25) is 0 Å². The average molecular weight is 381 g/mol. The van der Waals surface area contributed by atoms with Gasteiger partial charge in [0.1, 0.15) is 12.2 Å². The van der Waals surface area contributed by atoms with Crippen molar-refractivity contribution in [2.24, 2.45) is 5.10 Å². The number of ether oxygens (including phenoxy) is 1. The zero-order valence-electron chi connectivity index (χ0n) is 14.2. The molecule has 1 aromatic carbocycles. The molecule has 26 heavy (non-hydrogen) atoms. The van der Waals surface area contributed by atoms with Gasteiger partial charge < -0.3 is 25.0 Å². The highest BCUT2D eigenvalue weighted by atomic mass is 32.1. The number of aliphatic hydroxyl groups is 1. The van der Waals surface area contributed by atoms with Gasteiger partial charge in [0.15, 0.2) is 0 Å². The van der Waals surface area contributed by atoms with E-state index in [9.17, 15) is 14.3 Å². The molecule has 2 aliphatic rings. The van der Waals surface area contributed by atoms with Gasteiger partial charge in [-0.3, -0.25) is 4.79 Å². The third kappa shape index (κ3) is 4.09. The van der Waals surface area contributed by atoms with E-state index in [1.165, 1.54) is 17.4 Å². The van der Waals surface area contributed by atoms with Crippen LogP contribution in [0.3, 0.4) is 0 Å². The van der Waals surface area contributed by atoms with Crippen molar-refractivity contribution in [3.63, 3.8) is 0 Å². The lowest BCUT2D eigenvalue weighted by atomic mass is 10.2. The summed E-state index contributed by atoms with van der Waals surface area (Å²) in [6, 6.07) is 4.68. The Kier molecular flexibility index (Phi) is 5.64. The molecule has 10 heteroatoms. The highest BCUT2D eigenvalue weighted by Crippen LogP contribution is 2.28. The summed E-state index contributed by atoms with van der Waals surface area (Å²) in [6.45, 7) is 3.48. The summed E-state index contributed by atoms with van der Waals surface area (Å²) in [4.78, 5) is 14.5. The number of nitrogens with zero attached hydrogens (tertiary/aromatic N) is 4. The lowest BCUT2D eigenvalue weighted by molar-refractivity contribution is -0.118. The molecule has 2 atom stereocenters. The number of amides is 1. The number of hydrogen-bond donors (Lipinski definition) is 2. The Bertz CT molecular complexity index is 719. The van der Waals surface area contributed by atoms with Crippen molar-refractivity contribution in [2.75, 3.05) is 36.0 Å². The van der Waals surface area contributed by atoms with Crippen molar-refractivity contribution in [3.05, 3.63) is 24.0 Å². The second-order valence-electron chi connectivity index (χ2n) is 6.00. The number of carbonyl (C=O) groups excluding carboxylic acids is 1. The first kappa shape index (κ1) is 18.5. The number of aliphatic hydroxyl groups excluding tert-OH is 1. The molecule has 2 unspecified atom stereocenters. The number of nitrogens with one attached hydrogen (secondary N) is 1. The van der Waals surface area contributed by atoms with E-state index < -0.39 is 12.2 Å². The fourth-order valence-corrected chi connectivity index (χ4v) is 2.91. The molecule has 1 amide bonds. The highest BCUT2D eigenvalue weighted by molar-refractivity contribution is 7.80. The lowest BCUT2D eigenvalue weighted by Crippen LogP contribution is -2.37. The van der Waals surface area contributed by atoms with E-state index in [1.54, 1.807) is 28.9 Å². The molecule has 3 rings (SSSR count). The Balaban J connectivity index is 1.69. The number of hydrazone groups is 1. The van der Waals surface area contributed by atoms with Gasteiger partial charge in [0.25, 0.3) is 0 Å². The van der Waals surface area contributed by atoms with Crippen LogP contribution in [0.1, 0.15) is 6.92 Å². The topological polar surface area (TPSA) is 80.6 Å². The molecule has 0 saturated carbocycles. The van der Waals surface area contributed by atoms with E-state index in [-0.39, 0.29) is 6.10 Å². The van der Waals surface area contributed by atoms with Gasteiger partial charge >= 0.3 is 0 Å². The maximum absolute atomic E-state index is 14.6. The predicted molar refractivity (Wildman–Crippen MR) is 99.5 cm³/mol. The van der Waals surface area contributed by atoms with Crippen LogP contribution >= 0.6 is 12.2 Å². The number of anilines is 2. The molecule has 1 aromatic rings. The number of halogens is 1. The molecule has 2 N–H and O–H groups in total. The fraction of sp³-hybridized carbons (Fsp3) is 0.438. The Hall–Kier alpha value is -2.30. The summed E-state index contributed by atoms with van der Waals surface area (Å²) in [5.41, 5.74) is 0.871. The van der Waals surface area contributed by atoms with Crippen molar-refractivity contribution in [3.8, 4) is 0 Å². The van der Waals surface area contributed by atoms with E-state index >= 15 is 0 Å². The first-order chi connectivity index (χ1) is 12.5. The molecule has 0 spiro atoms. The second kappa shape index (κ2) is 7.94. The van der Waals surface area contributed by atoms with Gasteiger partial charge in [-0.1, -0.05) is 12.2 Å². The van der Waals surface area contributed by atoms with Crippen molar-refractivity contribution in [1.29, 1.82) is 0 Å². The van der Waals surface area contributed by atoms with E-state index in [0.29, 0.717) is 49.0 Å². The fourth-order valence-electron chi connectivity index (χ4n) is 2.83.